The van der Waals surface area contributed by atoms with Crippen LogP contribution in [0.15, 0.2) is 85.1 Å². The molecule has 3 heterocycles. The van der Waals surface area contributed by atoms with Gasteiger partial charge in [-0.3, -0.25) is 14.5 Å². The predicted molar refractivity (Wildman–Crippen MR) is 176 cm³/mol. The maximum Gasteiger partial charge on any atom is 0.416 e. The summed E-state index contributed by atoms with van der Waals surface area (Å²) in [5.41, 5.74) is 1.90. The lowest BCUT2D eigenvalue weighted by atomic mass is 10.1. The van der Waals surface area contributed by atoms with Crippen LogP contribution in [0, 0.1) is 0 Å². The zero-order chi connectivity index (χ0) is 34.0. The third kappa shape index (κ3) is 7.24. The first-order valence-electron chi connectivity index (χ1n) is 15.0. The van der Waals surface area contributed by atoms with Gasteiger partial charge in [0.05, 0.1) is 35.1 Å². The Balaban J connectivity index is 1.06. The number of methoxy groups -OCH3 is 1. The number of ether oxygens (including phenoxy) is 2. The molecule has 48 heavy (non-hydrogen) atoms. The summed E-state index contributed by atoms with van der Waals surface area (Å²) in [6, 6.07) is 21.0. The molecule has 3 aromatic carbocycles. The number of aryl methyl sites for hydroxylation is 1. The van der Waals surface area contributed by atoms with Gasteiger partial charge < -0.3 is 24.3 Å². The van der Waals surface area contributed by atoms with E-state index in [0.29, 0.717) is 36.3 Å². The van der Waals surface area contributed by atoms with Crippen molar-refractivity contribution in [2.45, 2.75) is 12.7 Å². The second kappa shape index (κ2) is 13.6. The molecule has 0 aliphatic carbocycles. The third-order valence-corrected chi connectivity index (χ3v) is 8.53. The number of aromatic nitrogens is 2. The number of halogens is 4. The monoisotopic (exact) mass is 677 g/mol. The van der Waals surface area contributed by atoms with Crippen molar-refractivity contribution >= 4 is 40.0 Å². The highest BCUT2D eigenvalue weighted by Crippen LogP contribution is 2.33. The zero-order valence-corrected chi connectivity index (χ0v) is 26.8. The first-order valence-corrected chi connectivity index (χ1v) is 15.4. The summed E-state index contributed by atoms with van der Waals surface area (Å²) in [5.74, 6) is 0.863. The molecular formula is C35H31ClF3N5O4. The standard InChI is InChI=1S/C35H31ClF3N5O4/c1-42-30-11-9-27(48-32-12-6-25(20-40-32)41-33(45)28-10-5-24(19-29(28)36)35(37,38)39)17-23(30)18-31(42)34(46)44-15-13-43(14-16-44)21-22-3-7-26(47-2)8-4-22/h3-12,17-20H,13-16,21H2,1-2H3,(H,41,45). The molecule has 2 aromatic heterocycles. The van der Waals surface area contributed by atoms with Gasteiger partial charge in [0.2, 0.25) is 5.88 Å². The van der Waals surface area contributed by atoms with Crippen LogP contribution in [0.4, 0.5) is 18.9 Å². The van der Waals surface area contributed by atoms with Gasteiger partial charge in [-0.2, -0.15) is 13.2 Å². The number of amides is 2. The minimum atomic E-state index is -4.57. The Bertz CT molecular complexity index is 1950. The lowest BCUT2D eigenvalue weighted by Gasteiger charge is -2.34. The number of nitrogens with one attached hydrogen (secondary N) is 1. The van der Waals surface area contributed by atoms with Crippen molar-refractivity contribution in [3.63, 3.8) is 0 Å². The van der Waals surface area contributed by atoms with Gasteiger partial charge >= 0.3 is 6.18 Å². The van der Waals surface area contributed by atoms with Crippen molar-refractivity contribution in [1.82, 2.24) is 19.4 Å². The van der Waals surface area contributed by atoms with Gasteiger partial charge in [-0.15, -0.1) is 0 Å². The molecule has 2 amide bonds. The smallest absolute Gasteiger partial charge is 0.416 e. The van der Waals surface area contributed by atoms with Gasteiger partial charge in [0.1, 0.15) is 17.2 Å². The molecule has 0 radical (unpaired) electrons. The van der Waals surface area contributed by atoms with Crippen LogP contribution in [0.3, 0.4) is 0 Å². The second-order valence-corrected chi connectivity index (χ2v) is 11.8. The first kappa shape index (κ1) is 32.9. The molecule has 9 nitrogen and oxygen atoms in total. The Morgan fingerprint density at radius 3 is 2.29 bits per heavy atom. The molecular weight excluding hydrogens is 647 g/mol. The molecule has 6 rings (SSSR count). The maximum absolute atomic E-state index is 13.5. The summed E-state index contributed by atoms with van der Waals surface area (Å²) in [6.07, 6.45) is -3.21. The van der Waals surface area contributed by atoms with Crippen LogP contribution in [0.25, 0.3) is 10.9 Å². The summed E-state index contributed by atoms with van der Waals surface area (Å²) < 4.78 is 51.8. The van der Waals surface area contributed by atoms with Crippen molar-refractivity contribution < 1.29 is 32.2 Å². The average molecular weight is 678 g/mol. The Labute approximate surface area is 279 Å². The van der Waals surface area contributed by atoms with E-state index in [-0.39, 0.29) is 22.4 Å². The molecule has 1 aliphatic heterocycles. The normalized spacial score (nSPS) is 13.8. The van der Waals surface area contributed by atoms with E-state index in [4.69, 9.17) is 21.1 Å². The number of anilines is 1. The van der Waals surface area contributed by atoms with E-state index in [0.717, 1.165) is 48.4 Å². The molecule has 1 fully saturated rings. The van der Waals surface area contributed by atoms with Gasteiger partial charge in [-0.25, -0.2) is 4.98 Å². The SMILES string of the molecule is COc1ccc(CN2CCN(C(=O)c3cc4cc(Oc5ccc(NC(=O)c6ccc(C(F)(F)F)cc6Cl)cn5)ccc4n3C)CC2)cc1. The molecule has 5 aromatic rings. The number of nitrogens with zero attached hydrogens (tertiary/aromatic N) is 4. The van der Waals surface area contributed by atoms with Gasteiger partial charge in [0, 0.05) is 56.7 Å². The third-order valence-electron chi connectivity index (χ3n) is 8.22. The number of rotatable bonds is 8. The fourth-order valence-electron chi connectivity index (χ4n) is 5.57. The number of carbonyl (C=O) groups is 2. The molecule has 0 unspecified atom stereocenters. The van der Waals surface area contributed by atoms with Crippen molar-refractivity contribution in [3.8, 4) is 17.4 Å². The van der Waals surface area contributed by atoms with Crippen LogP contribution in [-0.4, -0.2) is 64.5 Å². The fraction of sp³-hybridized carbons (Fsp3) is 0.229. The number of hydrogen-bond donors (Lipinski definition) is 1. The van der Waals surface area contributed by atoms with E-state index in [9.17, 15) is 22.8 Å². The summed E-state index contributed by atoms with van der Waals surface area (Å²) in [7, 11) is 3.51. The number of pyridine rings is 1. The maximum atomic E-state index is 13.5. The van der Waals surface area contributed by atoms with E-state index in [1.807, 2.05) is 46.8 Å². The average Bonchev–Trinajstić information content (AvgIpc) is 3.40. The highest BCUT2D eigenvalue weighted by molar-refractivity contribution is 6.34. The van der Waals surface area contributed by atoms with Gasteiger partial charge in [0.25, 0.3) is 11.8 Å². The van der Waals surface area contributed by atoms with Crippen LogP contribution in [0.5, 0.6) is 17.4 Å². The van der Waals surface area contributed by atoms with Crippen LogP contribution in [0.1, 0.15) is 32.0 Å². The Morgan fingerprint density at radius 1 is 0.917 bits per heavy atom. The number of hydrogen-bond acceptors (Lipinski definition) is 6. The molecule has 1 saturated heterocycles. The van der Waals surface area contributed by atoms with Gasteiger partial charge in [0.15, 0.2) is 0 Å². The largest absolute Gasteiger partial charge is 0.497 e. The number of benzene rings is 3. The highest BCUT2D eigenvalue weighted by Gasteiger charge is 2.31. The lowest BCUT2D eigenvalue weighted by Crippen LogP contribution is -2.48. The minimum absolute atomic E-state index is 0.0304. The van der Waals surface area contributed by atoms with Crippen molar-refractivity contribution in [2.24, 2.45) is 7.05 Å². The Kier molecular flexibility index (Phi) is 9.29. The predicted octanol–water partition coefficient (Wildman–Crippen LogP) is 7.26. The van der Waals surface area contributed by atoms with Crippen LogP contribution >= 0.6 is 11.6 Å². The number of carbonyl (C=O) groups excluding carboxylic acids is 2. The zero-order valence-electron chi connectivity index (χ0n) is 26.1. The minimum Gasteiger partial charge on any atom is -0.497 e. The number of piperazine rings is 1. The van der Waals surface area contributed by atoms with Crippen molar-refractivity contribution in [2.75, 3.05) is 38.6 Å². The molecule has 0 spiro atoms. The molecule has 0 atom stereocenters. The van der Waals surface area contributed by atoms with E-state index < -0.39 is 17.6 Å². The van der Waals surface area contributed by atoms with E-state index >= 15 is 0 Å². The fourth-order valence-corrected chi connectivity index (χ4v) is 5.83. The highest BCUT2D eigenvalue weighted by atomic mass is 35.5. The number of alkyl halides is 3. The van der Waals surface area contributed by atoms with Crippen LogP contribution in [-0.2, 0) is 19.8 Å². The van der Waals surface area contributed by atoms with Gasteiger partial charge in [-0.05, 0) is 66.2 Å². The van der Waals surface area contributed by atoms with E-state index in [2.05, 4.69) is 27.3 Å². The van der Waals surface area contributed by atoms with Gasteiger partial charge in [-0.1, -0.05) is 23.7 Å². The quantitative estimate of drug-likeness (QED) is 0.186. The van der Waals surface area contributed by atoms with E-state index in [1.165, 1.54) is 11.8 Å². The molecule has 0 bridgehead atoms. The summed E-state index contributed by atoms with van der Waals surface area (Å²) in [5, 5.41) is 3.08. The van der Waals surface area contributed by atoms with Crippen molar-refractivity contribution in [1.29, 1.82) is 0 Å². The van der Waals surface area contributed by atoms with Crippen LogP contribution < -0.4 is 14.8 Å². The summed E-state index contributed by atoms with van der Waals surface area (Å²) >= 11 is 5.94. The Hall–Kier alpha value is -5.07. The lowest BCUT2D eigenvalue weighted by molar-refractivity contribution is -0.137. The molecule has 1 aliphatic rings. The number of fused-ring (bicyclic) bond motifs is 1. The molecule has 248 valence electrons. The summed E-state index contributed by atoms with van der Waals surface area (Å²) in [6.45, 7) is 3.62. The molecule has 13 heteroatoms. The second-order valence-electron chi connectivity index (χ2n) is 11.4. The van der Waals surface area contributed by atoms with Crippen molar-refractivity contribution in [3.05, 3.63) is 112 Å². The van der Waals surface area contributed by atoms with Crippen LogP contribution in [0.2, 0.25) is 5.02 Å². The molecule has 0 saturated carbocycles. The topological polar surface area (TPSA) is 88.9 Å². The summed E-state index contributed by atoms with van der Waals surface area (Å²) in [4.78, 5) is 34.6. The first-order chi connectivity index (χ1) is 23.0. The Morgan fingerprint density at radius 2 is 1.65 bits per heavy atom. The molecule has 1 N–H and O–H groups in total. The van der Waals surface area contributed by atoms with E-state index in [1.54, 1.807) is 25.3 Å².